The molecule has 0 atom stereocenters. The van der Waals surface area contributed by atoms with Crippen molar-refractivity contribution in [3.8, 4) is 0 Å². The lowest BCUT2D eigenvalue weighted by molar-refractivity contribution is 0.0600. The molecule has 0 aliphatic heterocycles. The van der Waals surface area contributed by atoms with E-state index < -0.39 is 21.5 Å². The lowest BCUT2D eigenvalue weighted by Gasteiger charge is -2.32. The van der Waals surface area contributed by atoms with E-state index in [0.29, 0.717) is 0 Å². The zero-order valence-electron chi connectivity index (χ0n) is 12.0. The van der Waals surface area contributed by atoms with E-state index in [2.05, 4.69) is 4.74 Å². The Kier molecular flexibility index (Phi) is 4.90. The van der Waals surface area contributed by atoms with Crippen LogP contribution in [0.5, 0.6) is 0 Å². The highest BCUT2D eigenvalue weighted by Gasteiger charge is 2.33. The molecule has 0 aliphatic rings. The quantitative estimate of drug-likeness (QED) is 0.816. The van der Waals surface area contributed by atoms with Crippen molar-refractivity contribution in [1.82, 2.24) is 4.31 Å². The maximum absolute atomic E-state index is 12.5. The van der Waals surface area contributed by atoms with Gasteiger partial charge >= 0.3 is 5.97 Å². The van der Waals surface area contributed by atoms with Crippen LogP contribution in [0.3, 0.4) is 0 Å². The molecule has 0 saturated heterocycles. The first kappa shape index (κ1) is 16.6. The van der Waals surface area contributed by atoms with Crippen molar-refractivity contribution in [2.75, 3.05) is 20.8 Å². The molecule has 0 heterocycles. The highest BCUT2D eigenvalue weighted by Crippen LogP contribution is 2.23. The number of nitrogens with zero attached hydrogens (tertiary/aromatic N) is 1. The zero-order valence-corrected chi connectivity index (χ0v) is 12.8. The molecule has 20 heavy (non-hydrogen) atoms. The molecule has 6 nitrogen and oxygen atoms in total. The highest BCUT2D eigenvalue weighted by atomic mass is 32.2. The van der Waals surface area contributed by atoms with Gasteiger partial charge < -0.3 is 9.84 Å². The maximum Gasteiger partial charge on any atom is 0.337 e. The van der Waals surface area contributed by atoms with Crippen molar-refractivity contribution in [3.63, 3.8) is 0 Å². The first-order valence-corrected chi connectivity index (χ1v) is 7.39. The second kappa shape index (κ2) is 5.90. The average molecular weight is 301 g/mol. The molecule has 0 aromatic heterocycles. The number of carbonyl (C=O) groups is 1. The Balaban J connectivity index is 3.26. The fraction of sp³-hybridized carbons (Fsp3) is 0.462. The fourth-order valence-corrected chi connectivity index (χ4v) is 3.04. The number of rotatable bonds is 5. The Hall–Kier alpha value is -1.44. The summed E-state index contributed by atoms with van der Waals surface area (Å²) < 4.78 is 30.6. The largest absolute Gasteiger partial charge is 0.465 e. The standard InChI is InChI=1S/C13H19NO5S/c1-13(2,9-15)14(3)20(17,18)11-7-5-6-10(8-11)12(16)19-4/h5-8,15H,9H2,1-4H3. The smallest absolute Gasteiger partial charge is 0.337 e. The molecule has 0 amide bonds. The minimum atomic E-state index is -3.81. The van der Waals surface area contributed by atoms with Gasteiger partial charge in [0.25, 0.3) is 0 Å². The van der Waals surface area contributed by atoms with Crippen molar-refractivity contribution in [3.05, 3.63) is 29.8 Å². The van der Waals surface area contributed by atoms with Crippen molar-refractivity contribution in [1.29, 1.82) is 0 Å². The van der Waals surface area contributed by atoms with Gasteiger partial charge in [-0.2, -0.15) is 4.31 Å². The van der Waals surface area contributed by atoms with E-state index >= 15 is 0 Å². The van der Waals surface area contributed by atoms with Gasteiger partial charge in [-0.1, -0.05) is 6.07 Å². The molecular weight excluding hydrogens is 282 g/mol. The number of hydrogen-bond acceptors (Lipinski definition) is 5. The lowest BCUT2D eigenvalue weighted by atomic mass is 10.1. The average Bonchev–Trinajstić information content (AvgIpc) is 2.45. The SMILES string of the molecule is COC(=O)c1cccc(S(=O)(=O)N(C)C(C)(C)CO)c1. The molecule has 1 rings (SSSR count). The minimum Gasteiger partial charge on any atom is -0.465 e. The predicted octanol–water partition coefficient (Wildman–Crippen LogP) is 0.865. The Morgan fingerprint density at radius 3 is 2.50 bits per heavy atom. The number of esters is 1. The summed E-state index contributed by atoms with van der Waals surface area (Å²) in [4.78, 5) is 11.4. The summed E-state index contributed by atoms with van der Waals surface area (Å²) in [6, 6.07) is 5.60. The molecule has 0 spiro atoms. The van der Waals surface area contributed by atoms with Crippen LogP contribution in [0.15, 0.2) is 29.2 Å². The number of benzene rings is 1. The van der Waals surface area contributed by atoms with E-state index in [9.17, 15) is 18.3 Å². The minimum absolute atomic E-state index is 0.0237. The molecule has 1 aromatic rings. The van der Waals surface area contributed by atoms with Crippen molar-refractivity contribution < 1.29 is 23.1 Å². The van der Waals surface area contributed by atoms with E-state index in [1.54, 1.807) is 13.8 Å². The van der Waals surface area contributed by atoms with Crippen LogP contribution in [0.1, 0.15) is 24.2 Å². The normalized spacial score (nSPS) is 12.5. The molecule has 0 radical (unpaired) electrons. The van der Waals surface area contributed by atoms with Crippen LogP contribution < -0.4 is 0 Å². The zero-order chi connectivity index (χ0) is 15.6. The summed E-state index contributed by atoms with van der Waals surface area (Å²) in [6.45, 7) is 2.89. The van der Waals surface area contributed by atoms with Crippen LogP contribution in [-0.2, 0) is 14.8 Å². The van der Waals surface area contributed by atoms with Gasteiger partial charge in [0.2, 0.25) is 10.0 Å². The summed E-state index contributed by atoms with van der Waals surface area (Å²) in [5.41, 5.74) is -0.788. The van der Waals surface area contributed by atoms with Crippen LogP contribution in [0, 0.1) is 0 Å². The summed E-state index contributed by atoms with van der Waals surface area (Å²) in [5.74, 6) is -0.605. The number of aliphatic hydroxyl groups is 1. The van der Waals surface area contributed by atoms with Crippen LogP contribution in [0.25, 0.3) is 0 Å². The van der Waals surface area contributed by atoms with Crippen molar-refractivity contribution >= 4 is 16.0 Å². The summed E-state index contributed by atoms with van der Waals surface area (Å²) in [7, 11) is -1.20. The third-order valence-electron chi connectivity index (χ3n) is 3.15. The third-order valence-corrected chi connectivity index (χ3v) is 5.22. The summed E-state index contributed by atoms with van der Waals surface area (Å²) in [5, 5.41) is 9.28. The van der Waals surface area contributed by atoms with Crippen molar-refractivity contribution in [2.24, 2.45) is 0 Å². The van der Waals surface area contributed by atoms with Gasteiger partial charge in [0, 0.05) is 7.05 Å². The first-order valence-electron chi connectivity index (χ1n) is 5.95. The van der Waals surface area contributed by atoms with E-state index in [1.165, 1.54) is 38.4 Å². The third kappa shape index (κ3) is 3.17. The summed E-state index contributed by atoms with van der Waals surface area (Å²) in [6.07, 6.45) is 0. The Morgan fingerprint density at radius 1 is 1.40 bits per heavy atom. The van der Waals surface area contributed by atoms with E-state index in [-0.39, 0.29) is 17.1 Å². The topological polar surface area (TPSA) is 83.9 Å². The molecule has 0 bridgehead atoms. The van der Waals surface area contributed by atoms with E-state index in [1.807, 2.05) is 0 Å². The van der Waals surface area contributed by atoms with Crippen LogP contribution in [0.2, 0.25) is 0 Å². The van der Waals surface area contributed by atoms with Crippen LogP contribution in [0.4, 0.5) is 0 Å². The molecule has 0 fully saturated rings. The second-order valence-electron chi connectivity index (χ2n) is 4.96. The molecule has 0 saturated carbocycles. The molecule has 112 valence electrons. The molecule has 0 aliphatic carbocycles. The molecule has 7 heteroatoms. The summed E-state index contributed by atoms with van der Waals surface area (Å²) >= 11 is 0. The second-order valence-corrected chi connectivity index (χ2v) is 6.93. The molecule has 1 N–H and O–H groups in total. The number of carbonyl (C=O) groups excluding carboxylic acids is 1. The van der Waals surface area contributed by atoms with Gasteiger partial charge in [-0.25, -0.2) is 13.2 Å². The number of hydrogen-bond donors (Lipinski definition) is 1. The van der Waals surface area contributed by atoms with Gasteiger partial charge in [-0.3, -0.25) is 0 Å². The van der Waals surface area contributed by atoms with Crippen LogP contribution >= 0.6 is 0 Å². The number of ether oxygens (including phenoxy) is 1. The Morgan fingerprint density at radius 2 is 2.00 bits per heavy atom. The van der Waals surface area contributed by atoms with Gasteiger partial charge in [0.05, 0.1) is 29.7 Å². The number of likely N-dealkylation sites (N-methyl/N-ethyl adjacent to an activating group) is 1. The monoisotopic (exact) mass is 301 g/mol. The predicted molar refractivity (Wildman–Crippen MR) is 73.9 cm³/mol. The van der Waals surface area contributed by atoms with E-state index in [4.69, 9.17) is 0 Å². The molecule has 1 aromatic carbocycles. The van der Waals surface area contributed by atoms with Crippen molar-refractivity contribution in [2.45, 2.75) is 24.3 Å². The lowest BCUT2D eigenvalue weighted by Crippen LogP contribution is -2.47. The van der Waals surface area contributed by atoms with Gasteiger partial charge in [0.1, 0.15) is 0 Å². The first-order chi connectivity index (χ1) is 9.16. The molecular formula is C13H19NO5S. The maximum atomic E-state index is 12.5. The highest BCUT2D eigenvalue weighted by molar-refractivity contribution is 7.89. The van der Waals surface area contributed by atoms with Gasteiger partial charge in [0.15, 0.2) is 0 Å². The Labute approximate surface area is 119 Å². The Bertz CT molecular complexity index is 595. The van der Waals surface area contributed by atoms with Gasteiger partial charge in [-0.05, 0) is 32.0 Å². The van der Waals surface area contributed by atoms with E-state index in [0.717, 1.165) is 4.31 Å². The van der Waals surface area contributed by atoms with Crippen LogP contribution in [-0.4, -0.2) is 50.1 Å². The van der Waals surface area contributed by atoms with Gasteiger partial charge in [-0.15, -0.1) is 0 Å². The number of aliphatic hydroxyl groups excluding tert-OH is 1. The molecule has 0 unspecified atom stereocenters. The fourth-order valence-electron chi connectivity index (χ4n) is 1.48. The number of methoxy groups -OCH3 is 1. The number of sulfonamides is 1.